The first-order valence-corrected chi connectivity index (χ1v) is 6.84. The van der Waals surface area contributed by atoms with Crippen LogP contribution in [0.4, 0.5) is 0 Å². The molecule has 98 valence electrons. The Kier molecular flexibility index (Phi) is 5.87. The van der Waals surface area contributed by atoms with Gasteiger partial charge < -0.3 is 10.1 Å². The molecule has 1 rings (SSSR count). The summed E-state index contributed by atoms with van der Waals surface area (Å²) in [5.41, 5.74) is 1.38. The van der Waals surface area contributed by atoms with Crippen LogP contribution in [0.25, 0.3) is 0 Å². The SMILES string of the molecule is COC(=O)C(I)CNC(=O)c1ccc(C)cc1Cl. The number of aryl methyl sites for hydroxylation is 1. The monoisotopic (exact) mass is 381 g/mol. The highest BCUT2D eigenvalue weighted by Crippen LogP contribution is 2.17. The van der Waals surface area contributed by atoms with Crippen molar-refractivity contribution in [2.45, 2.75) is 10.8 Å². The van der Waals surface area contributed by atoms with Gasteiger partial charge in [0, 0.05) is 6.54 Å². The Hall–Kier alpha value is -0.820. The summed E-state index contributed by atoms with van der Waals surface area (Å²) in [5, 5.41) is 3.04. The van der Waals surface area contributed by atoms with E-state index in [0.29, 0.717) is 10.6 Å². The summed E-state index contributed by atoms with van der Waals surface area (Å²) in [4.78, 5) is 23.0. The van der Waals surface area contributed by atoms with Crippen LogP contribution in [0.3, 0.4) is 0 Å². The molecule has 0 aliphatic carbocycles. The van der Waals surface area contributed by atoms with E-state index < -0.39 is 3.92 Å². The number of hydrogen-bond acceptors (Lipinski definition) is 3. The Balaban J connectivity index is 2.63. The van der Waals surface area contributed by atoms with Crippen molar-refractivity contribution in [3.8, 4) is 0 Å². The number of carbonyl (C=O) groups is 2. The number of halogens is 2. The number of rotatable bonds is 4. The molecule has 0 radical (unpaired) electrons. The van der Waals surface area contributed by atoms with Crippen molar-refractivity contribution in [1.29, 1.82) is 0 Å². The van der Waals surface area contributed by atoms with Crippen LogP contribution in [0, 0.1) is 6.92 Å². The third-order valence-electron chi connectivity index (χ3n) is 2.27. The third-order valence-corrected chi connectivity index (χ3v) is 3.53. The second kappa shape index (κ2) is 6.94. The number of amides is 1. The lowest BCUT2D eigenvalue weighted by atomic mass is 10.1. The molecule has 0 fully saturated rings. The van der Waals surface area contributed by atoms with Gasteiger partial charge in [-0.2, -0.15) is 0 Å². The Morgan fingerprint density at radius 3 is 2.72 bits per heavy atom. The number of benzene rings is 1. The summed E-state index contributed by atoms with van der Waals surface area (Å²) in [6, 6.07) is 5.19. The summed E-state index contributed by atoms with van der Waals surface area (Å²) in [6.45, 7) is 2.10. The van der Waals surface area contributed by atoms with Crippen LogP contribution in [0.1, 0.15) is 15.9 Å². The minimum Gasteiger partial charge on any atom is -0.468 e. The maximum Gasteiger partial charge on any atom is 0.320 e. The highest BCUT2D eigenvalue weighted by atomic mass is 127. The van der Waals surface area contributed by atoms with Crippen molar-refractivity contribution >= 4 is 46.1 Å². The van der Waals surface area contributed by atoms with E-state index in [1.54, 1.807) is 12.1 Å². The predicted molar refractivity (Wildman–Crippen MR) is 78.3 cm³/mol. The molecule has 1 atom stereocenters. The van der Waals surface area contributed by atoms with E-state index in [1.807, 2.05) is 35.6 Å². The Morgan fingerprint density at radius 1 is 1.50 bits per heavy atom. The molecule has 18 heavy (non-hydrogen) atoms. The quantitative estimate of drug-likeness (QED) is 0.495. The summed E-state index contributed by atoms with van der Waals surface area (Å²) >= 11 is 7.89. The number of carbonyl (C=O) groups excluding carboxylic acids is 2. The summed E-state index contributed by atoms with van der Waals surface area (Å²) < 4.78 is 4.15. The van der Waals surface area contributed by atoms with Gasteiger partial charge in [0.1, 0.15) is 3.92 Å². The Labute approximate surface area is 124 Å². The Bertz CT molecular complexity index is 465. The number of ether oxygens (including phenoxy) is 1. The van der Waals surface area contributed by atoms with Crippen molar-refractivity contribution in [3.63, 3.8) is 0 Å². The normalized spacial score (nSPS) is 11.8. The molecule has 0 bridgehead atoms. The third kappa shape index (κ3) is 4.13. The molecule has 4 nitrogen and oxygen atoms in total. The van der Waals surface area contributed by atoms with Crippen LogP contribution >= 0.6 is 34.2 Å². The molecular weight excluding hydrogens is 368 g/mol. The lowest BCUT2D eigenvalue weighted by Crippen LogP contribution is -2.33. The first-order chi connectivity index (χ1) is 8.45. The van der Waals surface area contributed by atoms with Gasteiger partial charge >= 0.3 is 5.97 Å². The van der Waals surface area contributed by atoms with Crippen molar-refractivity contribution in [2.75, 3.05) is 13.7 Å². The molecule has 1 unspecified atom stereocenters. The maximum atomic E-state index is 11.8. The van der Waals surface area contributed by atoms with Crippen LogP contribution in [-0.2, 0) is 9.53 Å². The highest BCUT2D eigenvalue weighted by Gasteiger charge is 2.17. The molecule has 0 heterocycles. The van der Waals surface area contributed by atoms with Gasteiger partial charge in [0.25, 0.3) is 5.91 Å². The van der Waals surface area contributed by atoms with Gasteiger partial charge in [-0.15, -0.1) is 0 Å². The second-order valence-corrected chi connectivity index (χ2v) is 5.59. The summed E-state index contributed by atoms with van der Waals surface area (Å²) in [6.07, 6.45) is 0. The standard InChI is InChI=1S/C12H13ClINO3/c1-7-3-4-8(9(13)5-7)11(16)15-6-10(14)12(17)18-2/h3-5,10H,6H2,1-2H3,(H,15,16). The van der Waals surface area contributed by atoms with Gasteiger partial charge in [0.05, 0.1) is 17.7 Å². The van der Waals surface area contributed by atoms with Gasteiger partial charge in [-0.1, -0.05) is 40.3 Å². The molecule has 1 aromatic carbocycles. The van der Waals surface area contributed by atoms with Crippen LogP contribution in [0.15, 0.2) is 18.2 Å². The zero-order valence-electron chi connectivity index (χ0n) is 10.00. The molecule has 6 heteroatoms. The van der Waals surface area contributed by atoms with Gasteiger partial charge in [-0.3, -0.25) is 9.59 Å². The molecule has 0 aromatic heterocycles. The number of methoxy groups -OCH3 is 1. The minimum atomic E-state index is -0.416. The molecule has 0 aliphatic heterocycles. The molecule has 0 spiro atoms. The smallest absolute Gasteiger partial charge is 0.320 e. The van der Waals surface area contributed by atoms with Gasteiger partial charge in [0.2, 0.25) is 0 Å². The Morgan fingerprint density at radius 2 is 2.17 bits per heavy atom. The average Bonchev–Trinajstić information content (AvgIpc) is 2.34. The van der Waals surface area contributed by atoms with Crippen LogP contribution in [-0.4, -0.2) is 29.5 Å². The van der Waals surface area contributed by atoms with E-state index >= 15 is 0 Å². The van der Waals surface area contributed by atoms with Crippen molar-refractivity contribution < 1.29 is 14.3 Å². The summed E-state index contributed by atoms with van der Waals surface area (Å²) in [5.74, 6) is -0.670. The lowest BCUT2D eigenvalue weighted by Gasteiger charge is -2.10. The second-order valence-electron chi connectivity index (χ2n) is 3.68. The first kappa shape index (κ1) is 15.2. The van der Waals surface area contributed by atoms with Gasteiger partial charge in [0.15, 0.2) is 0 Å². The van der Waals surface area contributed by atoms with E-state index in [2.05, 4.69) is 10.1 Å². The largest absolute Gasteiger partial charge is 0.468 e. The molecule has 1 amide bonds. The van der Waals surface area contributed by atoms with Crippen LogP contribution in [0.2, 0.25) is 5.02 Å². The molecule has 0 saturated heterocycles. The van der Waals surface area contributed by atoms with Crippen LogP contribution < -0.4 is 5.32 Å². The number of esters is 1. The number of alkyl halides is 1. The minimum absolute atomic E-state index is 0.205. The fourth-order valence-corrected chi connectivity index (χ4v) is 2.09. The molecule has 0 saturated carbocycles. The van der Waals surface area contributed by atoms with E-state index in [-0.39, 0.29) is 18.4 Å². The van der Waals surface area contributed by atoms with E-state index in [1.165, 1.54) is 7.11 Å². The maximum absolute atomic E-state index is 11.8. The summed E-state index contributed by atoms with van der Waals surface area (Å²) in [7, 11) is 1.31. The van der Waals surface area contributed by atoms with E-state index in [4.69, 9.17) is 11.6 Å². The van der Waals surface area contributed by atoms with Crippen molar-refractivity contribution in [1.82, 2.24) is 5.32 Å². The topological polar surface area (TPSA) is 55.4 Å². The zero-order chi connectivity index (χ0) is 13.7. The molecular formula is C12H13ClINO3. The number of nitrogens with one attached hydrogen (secondary N) is 1. The average molecular weight is 382 g/mol. The van der Waals surface area contributed by atoms with Crippen LogP contribution in [0.5, 0.6) is 0 Å². The molecule has 1 N–H and O–H groups in total. The van der Waals surface area contributed by atoms with E-state index in [9.17, 15) is 9.59 Å². The highest BCUT2D eigenvalue weighted by molar-refractivity contribution is 14.1. The molecule has 0 aliphatic rings. The van der Waals surface area contributed by atoms with Gasteiger partial charge in [-0.05, 0) is 24.6 Å². The first-order valence-electron chi connectivity index (χ1n) is 5.22. The van der Waals surface area contributed by atoms with Crippen molar-refractivity contribution in [3.05, 3.63) is 34.3 Å². The fourth-order valence-electron chi connectivity index (χ4n) is 1.29. The fraction of sp³-hybridized carbons (Fsp3) is 0.333. The van der Waals surface area contributed by atoms with Gasteiger partial charge in [-0.25, -0.2) is 0 Å². The molecule has 1 aromatic rings. The van der Waals surface area contributed by atoms with E-state index in [0.717, 1.165) is 5.56 Å². The number of hydrogen-bond donors (Lipinski definition) is 1. The lowest BCUT2D eigenvalue weighted by molar-refractivity contribution is -0.139. The zero-order valence-corrected chi connectivity index (χ0v) is 12.9. The van der Waals surface area contributed by atoms with Crippen molar-refractivity contribution in [2.24, 2.45) is 0 Å². The predicted octanol–water partition coefficient (Wildman–Crippen LogP) is 2.35.